The Bertz CT molecular complexity index is 868. The quantitative estimate of drug-likeness (QED) is 0.655. The normalized spacial score (nSPS) is 10.8. The van der Waals surface area contributed by atoms with Gasteiger partial charge >= 0.3 is 0 Å². The van der Waals surface area contributed by atoms with Gasteiger partial charge in [-0.1, -0.05) is 24.3 Å². The summed E-state index contributed by atoms with van der Waals surface area (Å²) in [4.78, 5) is 6.36. The molecule has 140 valence electrons. The minimum absolute atomic E-state index is 0.310. The van der Waals surface area contributed by atoms with Gasteiger partial charge in [0.15, 0.2) is 11.5 Å². The summed E-state index contributed by atoms with van der Waals surface area (Å²) in [5, 5.41) is 10.2. The van der Waals surface area contributed by atoms with E-state index in [-0.39, 0.29) is 0 Å². The maximum absolute atomic E-state index is 10.2. The first kappa shape index (κ1) is 18.7. The summed E-state index contributed by atoms with van der Waals surface area (Å²) in [6.07, 6.45) is 3.59. The van der Waals surface area contributed by atoms with E-state index in [1.54, 1.807) is 32.7 Å². The van der Waals surface area contributed by atoms with Gasteiger partial charge in [0.1, 0.15) is 5.75 Å². The monoisotopic (exact) mass is 364 g/mol. The molecular formula is C22H24N2O3. The maximum atomic E-state index is 10.2. The van der Waals surface area contributed by atoms with E-state index in [1.807, 2.05) is 48.5 Å². The van der Waals surface area contributed by atoms with Gasteiger partial charge in [0, 0.05) is 37.6 Å². The first-order valence-corrected chi connectivity index (χ1v) is 8.78. The lowest BCUT2D eigenvalue weighted by atomic mass is 10.1. The number of phenols is 1. The van der Waals surface area contributed by atoms with Crippen LogP contribution in [0.5, 0.6) is 17.2 Å². The lowest BCUT2D eigenvalue weighted by Crippen LogP contribution is -2.22. The maximum Gasteiger partial charge on any atom is 0.161 e. The average Bonchev–Trinajstić information content (AvgIpc) is 2.70. The van der Waals surface area contributed by atoms with Gasteiger partial charge in [-0.05, 0) is 41.5 Å². The fourth-order valence-electron chi connectivity index (χ4n) is 3.04. The molecule has 0 radical (unpaired) electrons. The van der Waals surface area contributed by atoms with Crippen LogP contribution < -0.4 is 9.47 Å². The van der Waals surface area contributed by atoms with Crippen LogP contribution in [0.15, 0.2) is 67.0 Å². The van der Waals surface area contributed by atoms with Gasteiger partial charge in [-0.3, -0.25) is 9.88 Å². The van der Waals surface area contributed by atoms with Crippen molar-refractivity contribution in [2.75, 3.05) is 14.2 Å². The Balaban J connectivity index is 1.84. The molecule has 27 heavy (non-hydrogen) atoms. The van der Waals surface area contributed by atoms with Crippen molar-refractivity contribution >= 4 is 0 Å². The minimum Gasteiger partial charge on any atom is -0.508 e. The van der Waals surface area contributed by atoms with Gasteiger partial charge in [0.05, 0.1) is 14.2 Å². The van der Waals surface area contributed by atoms with Gasteiger partial charge in [-0.15, -0.1) is 0 Å². The van der Waals surface area contributed by atoms with Gasteiger partial charge < -0.3 is 14.6 Å². The fourth-order valence-corrected chi connectivity index (χ4v) is 3.04. The van der Waals surface area contributed by atoms with Crippen molar-refractivity contribution in [1.82, 2.24) is 9.88 Å². The number of phenolic OH excluding ortho intramolecular Hbond substituents is 1. The second-order valence-electron chi connectivity index (χ2n) is 6.32. The molecule has 0 spiro atoms. The van der Waals surface area contributed by atoms with Gasteiger partial charge in [0.2, 0.25) is 0 Å². The molecule has 3 aromatic rings. The van der Waals surface area contributed by atoms with E-state index in [0.717, 1.165) is 17.7 Å². The lowest BCUT2D eigenvalue weighted by Gasteiger charge is -2.23. The van der Waals surface area contributed by atoms with Crippen LogP contribution in [0.3, 0.4) is 0 Å². The number of rotatable bonds is 8. The molecule has 0 aliphatic carbocycles. The summed E-state index contributed by atoms with van der Waals surface area (Å²) in [7, 11) is 3.27. The first-order valence-electron chi connectivity index (χ1n) is 8.78. The van der Waals surface area contributed by atoms with E-state index in [0.29, 0.717) is 30.3 Å². The standard InChI is InChI=1S/C22H24N2O3/c1-26-21-8-7-18(13-22(21)27-2)15-24(14-17-9-11-23-12-10-17)16-19-5-3-4-6-20(19)25/h3-13,25H,14-16H2,1-2H3. The third-order valence-corrected chi connectivity index (χ3v) is 4.40. The summed E-state index contributed by atoms with van der Waals surface area (Å²) >= 11 is 0. The van der Waals surface area contributed by atoms with Gasteiger partial charge in [-0.2, -0.15) is 0 Å². The van der Waals surface area contributed by atoms with Crippen LogP contribution >= 0.6 is 0 Å². The summed E-state index contributed by atoms with van der Waals surface area (Å²) in [5.41, 5.74) is 3.17. The molecule has 0 atom stereocenters. The van der Waals surface area contributed by atoms with Crippen LogP contribution in [0.4, 0.5) is 0 Å². The highest BCUT2D eigenvalue weighted by atomic mass is 16.5. The van der Waals surface area contributed by atoms with Crippen LogP contribution in [0.1, 0.15) is 16.7 Å². The van der Waals surface area contributed by atoms with E-state index in [9.17, 15) is 5.11 Å². The zero-order chi connectivity index (χ0) is 19.1. The largest absolute Gasteiger partial charge is 0.508 e. The zero-order valence-corrected chi connectivity index (χ0v) is 15.6. The molecule has 0 fully saturated rings. The number of benzene rings is 2. The molecule has 3 rings (SSSR count). The summed E-state index contributed by atoms with van der Waals surface area (Å²) in [6, 6.07) is 17.4. The van der Waals surface area contributed by atoms with E-state index < -0.39 is 0 Å². The summed E-state index contributed by atoms with van der Waals surface area (Å²) < 4.78 is 10.7. The Morgan fingerprint density at radius 3 is 2.22 bits per heavy atom. The molecule has 0 saturated carbocycles. The van der Waals surface area contributed by atoms with Crippen LogP contribution in [-0.4, -0.2) is 29.2 Å². The number of aromatic nitrogens is 1. The van der Waals surface area contributed by atoms with Crippen LogP contribution in [-0.2, 0) is 19.6 Å². The predicted molar refractivity (Wildman–Crippen MR) is 105 cm³/mol. The molecule has 0 bridgehead atoms. The third kappa shape index (κ3) is 4.99. The van der Waals surface area contributed by atoms with E-state index in [1.165, 1.54) is 5.56 Å². The second-order valence-corrected chi connectivity index (χ2v) is 6.32. The molecule has 5 nitrogen and oxygen atoms in total. The van der Waals surface area contributed by atoms with Crippen LogP contribution in [0.2, 0.25) is 0 Å². The number of hydrogen-bond acceptors (Lipinski definition) is 5. The van der Waals surface area contributed by atoms with Crippen molar-refractivity contribution in [2.45, 2.75) is 19.6 Å². The topological polar surface area (TPSA) is 54.8 Å². The van der Waals surface area contributed by atoms with Crippen molar-refractivity contribution in [3.8, 4) is 17.2 Å². The lowest BCUT2D eigenvalue weighted by molar-refractivity contribution is 0.243. The highest BCUT2D eigenvalue weighted by molar-refractivity contribution is 5.43. The van der Waals surface area contributed by atoms with Crippen molar-refractivity contribution in [3.63, 3.8) is 0 Å². The SMILES string of the molecule is COc1ccc(CN(Cc2ccncc2)Cc2ccccc2O)cc1OC. The number of nitrogens with zero attached hydrogens (tertiary/aromatic N) is 2. The van der Waals surface area contributed by atoms with E-state index in [4.69, 9.17) is 9.47 Å². The Morgan fingerprint density at radius 2 is 1.52 bits per heavy atom. The summed E-state index contributed by atoms with van der Waals surface area (Å²) in [6.45, 7) is 2.07. The van der Waals surface area contributed by atoms with E-state index >= 15 is 0 Å². The molecular weight excluding hydrogens is 340 g/mol. The average molecular weight is 364 g/mol. The molecule has 1 heterocycles. The molecule has 0 saturated heterocycles. The number of para-hydroxylation sites is 1. The first-order chi connectivity index (χ1) is 13.2. The number of ether oxygens (including phenoxy) is 2. The molecule has 0 aliphatic heterocycles. The predicted octanol–water partition coefficient (Wildman–Crippen LogP) is 4.01. The van der Waals surface area contributed by atoms with Gasteiger partial charge in [-0.25, -0.2) is 0 Å². The number of hydrogen-bond donors (Lipinski definition) is 1. The smallest absolute Gasteiger partial charge is 0.161 e. The van der Waals surface area contributed by atoms with Gasteiger partial charge in [0.25, 0.3) is 0 Å². The van der Waals surface area contributed by atoms with Crippen molar-refractivity contribution < 1.29 is 14.6 Å². The molecule has 0 unspecified atom stereocenters. The Hall–Kier alpha value is -3.05. The van der Waals surface area contributed by atoms with Crippen LogP contribution in [0.25, 0.3) is 0 Å². The second kappa shape index (κ2) is 9.05. The van der Waals surface area contributed by atoms with Crippen LogP contribution in [0, 0.1) is 0 Å². The number of methoxy groups -OCH3 is 2. The molecule has 1 N–H and O–H groups in total. The molecule has 0 aliphatic rings. The van der Waals surface area contributed by atoms with Crippen molar-refractivity contribution in [3.05, 3.63) is 83.7 Å². The van der Waals surface area contributed by atoms with E-state index in [2.05, 4.69) is 9.88 Å². The summed E-state index contributed by atoms with van der Waals surface area (Å²) in [5.74, 6) is 1.73. The molecule has 2 aromatic carbocycles. The minimum atomic E-state index is 0.310. The molecule has 5 heteroatoms. The van der Waals surface area contributed by atoms with Crippen molar-refractivity contribution in [1.29, 1.82) is 0 Å². The highest BCUT2D eigenvalue weighted by Gasteiger charge is 2.12. The Kier molecular flexibility index (Phi) is 6.28. The molecule has 1 aromatic heterocycles. The number of aromatic hydroxyl groups is 1. The van der Waals surface area contributed by atoms with Crippen molar-refractivity contribution in [2.24, 2.45) is 0 Å². The third-order valence-electron chi connectivity index (χ3n) is 4.40. The highest BCUT2D eigenvalue weighted by Crippen LogP contribution is 2.29. The Labute approximate surface area is 159 Å². The number of pyridine rings is 1. The zero-order valence-electron chi connectivity index (χ0n) is 15.6. The Morgan fingerprint density at radius 1 is 0.815 bits per heavy atom. The molecule has 0 amide bonds. The fraction of sp³-hybridized carbons (Fsp3) is 0.227.